The Balaban J connectivity index is 0.000000495. The summed E-state index contributed by atoms with van der Waals surface area (Å²) in [4.78, 5) is 2.22. The summed E-state index contributed by atoms with van der Waals surface area (Å²) in [5.74, 6) is 3.64. The van der Waals surface area contributed by atoms with E-state index in [0.29, 0.717) is 35.2 Å². The van der Waals surface area contributed by atoms with E-state index in [1.165, 1.54) is 68.1 Å². The SMILES string of the molecule is CC(C)Cc1cccc(CC(C)C)c1O.CCCCC(CC)Cc1cc(CN(C)C)cc(CC(CC)CCCC)c1O. The molecule has 0 aromatic heterocycles. The van der Waals surface area contributed by atoms with Crippen molar-refractivity contribution in [3.8, 4) is 11.5 Å². The number of rotatable bonds is 18. The van der Waals surface area contributed by atoms with Crippen molar-refractivity contribution in [3.63, 3.8) is 0 Å². The number of aromatic hydroxyl groups is 2. The first kappa shape index (κ1) is 38.0. The maximum atomic E-state index is 11.1. The number of hydrogen-bond acceptors (Lipinski definition) is 3. The van der Waals surface area contributed by atoms with Crippen LogP contribution in [-0.2, 0) is 32.2 Å². The van der Waals surface area contributed by atoms with Crippen LogP contribution in [-0.4, -0.2) is 29.2 Å². The number of phenolic OH excluding ortho intramolecular Hbond substituents is 2. The number of para-hydroxylation sites is 1. The van der Waals surface area contributed by atoms with Crippen LogP contribution in [0.4, 0.5) is 0 Å². The van der Waals surface area contributed by atoms with Crippen LogP contribution in [0.25, 0.3) is 0 Å². The first-order chi connectivity index (χ1) is 19.9. The van der Waals surface area contributed by atoms with Gasteiger partial charge in [0.25, 0.3) is 0 Å². The summed E-state index contributed by atoms with van der Waals surface area (Å²) in [5.41, 5.74) is 5.88. The van der Waals surface area contributed by atoms with Crippen LogP contribution in [0.3, 0.4) is 0 Å². The minimum Gasteiger partial charge on any atom is -0.507 e. The molecule has 3 heteroatoms. The first-order valence-corrected chi connectivity index (χ1v) is 17.2. The lowest BCUT2D eigenvalue weighted by molar-refractivity contribution is 0.394. The molecule has 0 radical (unpaired) electrons. The summed E-state index contributed by atoms with van der Waals surface area (Å²) >= 11 is 0. The molecule has 3 nitrogen and oxygen atoms in total. The third kappa shape index (κ3) is 14.5. The topological polar surface area (TPSA) is 43.7 Å². The zero-order valence-electron chi connectivity index (χ0n) is 29.2. The molecule has 2 rings (SSSR count). The van der Waals surface area contributed by atoms with Crippen molar-refractivity contribution in [3.05, 3.63) is 58.1 Å². The van der Waals surface area contributed by atoms with Crippen molar-refractivity contribution in [2.75, 3.05) is 14.1 Å². The van der Waals surface area contributed by atoms with Gasteiger partial charge in [0.05, 0.1) is 0 Å². The van der Waals surface area contributed by atoms with Crippen LogP contribution >= 0.6 is 0 Å². The lowest BCUT2D eigenvalue weighted by atomic mass is 9.86. The Hall–Kier alpha value is -2.00. The molecular weight excluding hydrogens is 514 g/mol. The largest absolute Gasteiger partial charge is 0.507 e. The average Bonchev–Trinajstić information content (AvgIpc) is 2.92. The standard InChI is InChI=1S/C25H45NO.C14H22O/c1-7-11-13-20(9-3)15-23-17-22(19-26(5)6)18-24(25(23)27)16-21(10-4)14-12-8-2;1-10(2)8-12-6-5-7-13(14(12)15)9-11(3)4/h17-18,20-21,27H,7-16,19H2,1-6H3;5-7,10-11,15H,8-9H2,1-4H3. The summed E-state index contributed by atoms with van der Waals surface area (Å²) in [7, 11) is 4.25. The van der Waals surface area contributed by atoms with Gasteiger partial charge in [-0.05, 0) is 91.3 Å². The summed E-state index contributed by atoms with van der Waals surface area (Å²) in [6.45, 7) is 18.8. The number of nitrogens with zero attached hydrogens (tertiary/aromatic N) is 1. The number of unbranched alkanes of at least 4 members (excludes halogenated alkanes) is 2. The molecule has 0 aliphatic carbocycles. The van der Waals surface area contributed by atoms with Gasteiger partial charge >= 0.3 is 0 Å². The van der Waals surface area contributed by atoms with Crippen LogP contribution in [0.5, 0.6) is 11.5 Å². The molecule has 0 heterocycles. The van der Waals surface area contributed by atoms with Gasteiger partial charge in [0.15, 0.2) is 0 Å². The molecule has 2 unspecified atom stereocenters. The molecule has 2 aromatic carbocycles. The van der Waals surface area contributed by atoms with Gasteiger partial charge in [0.1, 0.15) is 11.5 Å². The fourth-order valence-electron chi connectivity index (χ4n) is 5.96. The van der Waals surface area contributed by atoms with Crippen molar-refractivity contribution in [1.82, 2.24) is 4.90 Å². The fraction of sp³-hybridized carbons (Fsp3) is 0.692. The molecular formula is C39H67NO2. The van der Waals surface area contributed by atoms with Crippen LogP contribution in [0, 0.1) is 23.7 Å². The van der Waals surface area contributed by atoms with E-state index in [1.54, 1.807) is 0 Å². The smallest absolute Gasteiger partial charge is 0.121 e. The monoisotopic (exact) mass is 582 g/mol. The van der Waals surface area contributed by atoms with Gasteiger partial charge in [-0.25, -0.2) is 0 Å². The fourth-order valence-corrected chi connectivity index (χ4v) is 5.96. The van der Waals surface area contributed by atoms with E-state index in [-0.39, 0.29) is 0 Å². The molecule has 0 aliphatic heterocycles. The molecule has 0 aliphatic rings. The molecule has 0 saturated carbocycles. The Morgan fingerprint density at radius 2 is 1.02 bits per heavy atom. The highest BCUT2D eigenvalue weighted by molar-refractivity contribution is 5.44. The maximum absolute atomic E-state index is 11.1. The van der Waals surface area contributed by atoms with Gasteiger partial charge in [-0.1, -0.05) is 137 Å². The van der Waals surface area contributed by atoms with E-state index in [4.69, 9.17) is 0 Å². The molecule has 0 bridgehead atoms. The van der Waals surface area contributed by atoms with Gasteiger partial charge in [-0.15, -0.1) is 0 Å². The van der Waals surface area contributed by atoms with Crippen molar-refractivity contribution in [1.29, 1.82) is 0 Å². The lowest BCUT2D eigenvalue weighted by Gasteiger charge is -2.21. The summed E-state index contributed by atoms with van der Waals surface area (Å²) < 4.78 is 0. The minimum atomic E-state index is 0.514. The zero-order valence-corrected chi connectivity index (χ0v) is 29.2. The average molecular weight is 582 g/mol. The van der Waals surface area contributed by atoms with Crippen molar-refractivity contribution < 1.29 is 10.2 Å². The number of benzene rings is 2. The molecule has 2 atom stereocenters. The van der Waals surface area contributed by atoms with Crippen molar-refractivity contribution in [2.24, 2.45) is 23.7 Å². The number of phenols is 2. The lowest BCUT2D eigenvalue weighted by Crippen LogP contribution is -2.13. The Bertz CT molecular complexity index is 927. The van der Waals surface area contributed by atoms with Gasteiger partial charge in [0, 0.05) is 6.54 Å². The molecule has 2 aromatic rings. The Labute approximate surface area is 261 Å². The van der Waals surface area contributed by atoms with E-state index >= 15 is 0 Å². The predicted octanol–water partition coefficient (Wildman–Crippen LogP) is 10.8. The summed E-state index contributed by atoms with van der Waals surface area (Å²) in [5, 5.41) is 21.2. The van der Waals surface area contributed by atoms with Gasteiger partial charge < -0.3 is 15.1 Å². The Morgan fingerprint density at radius 3 is 1.36 bits per heavy atom. The summed E-state index contributed by atoms with van der Waals surface area (Å²) in [6, 6.07) is 10.6. The van der Waals surface area contributed by atoms with Crippen LogP contribution < -0.4 is 0 Å². The van der Waals surface area contributed by atoms with Crippen LogP contribution in [0.2, 0.25) is 0 Å². The maximum Gasteiger partial charge on any atom is 0.121 e. The van der Waals surface area contributed by atoms with Gasteiger partial charge in [-0.3, -0.25) is 0 Å². The quantitative estimate of drug-likeness (QED) is 0.184. The third-order valence-electron chi connectivity index (χ3n) is 8.39. The van der Waals surface area contributed by atoms with E-state index in [9.17, 15) is 10.2 Å². The minimum absolute atomic E-state index is 0.514. The van der Waals surface area contributed by atoms with Gasteiger partial charge in [0.2, 0.25) is 0 Å². The molecule has 0 spiro atoms. The summed E-state index contributed by atoms with van der Waals surface area (Å²) in [6.07, 6.45) is 14.0. The highest BCUT2D eigenvalue weighted by Gasteiger charge is 2.17. The third-order valence-corrected chi connectivity index (χ3v) is 8.39. The van der Waals surface area contributed by atoms with Crippen molar-refractivity contribution in [2.45, 2.75) is 139 Å². The zero-order chi connectivity index (χ0) is 31.7. The van der Waals surface area contributed by atoms with E-state index in [1.807, 2.05) is 12.1 Å². The molecule has 240 valence electrons. The van der Waals surface area contributed by atoms with E-state index in [2.05, 4.69) is 92.6 Å². The first-order valence-electron chi connectivity index (χ1n) is 17.2. The van der Waals surface area contributed by atoms with E-state index < -0.39 is 0 Å². The molecule has 0 saturated heterocycles. The second-order valence-electron chi connectivity index (χ2n) is 13.9. The second-order valence-corrected chi connectivity index (χ2v) is 13.9. The normalized spacial score (nSPS) is 13.0. The number of hydrogen-bond donors (Lipinski definition) is 2. The Morgan fingerprint density at radius 1 is 0.619 bits per heavy atom. The van der Waals surface area contributed by atoms with Crippen molar-refractivity contribution >= 4 is 0 Å². The molecule has 0 amide bonds. The highest BCUT2D eigenvalue weighted by Crippen LogP contribution is 2.33. The van der Waals surface area contributed by atoms with Gasteiger partial charge in [-0.2, -0.15) is 0 Å². The van der Waals surface area contributed by atoms with Crippen LogP contribution in [0.15, 0.2) is 30.3 Å². The predicted molar refractivity (Wildman–Crippen MR) is 185 cm³/mol. The van der Waals surface area contributed by atoms with E-state index in [0.717, 1.165) is 43.4 Å². The highest BCUT2D eigenvalue weighted by atomic mass is 16.3. The second kappa shape index (κ2) is 20.8. The molecule has 42 heavy (non-hydrogen) atoms. The van der Waals surface area contributed by atoms with Crippen LogP contribution in [0.1, 0.15) is 135 Å². The molecule has 2 N–H and O–H groups in total. The molecule has 0 fully saturated rings. The Kier molecular flexibility index (Phi) is 18.9.